The Labute approximate surface area is 122 Å². The number of anilines is 1. The highest BCUT2D eigenvalue weighted by Crippen LogP contribution is 2.36. The fraction of sp³-hybridized carbons (Fsp3) is 0.400. The van der Waals surface area contributed by atoms with Crippen molar-refractivity contribution in [2.45, 2.75) is 31.2 Å². The van der Waals surface area contributed by atoms with E-state index in [4.69, 9.17) is 5.73 Å². The predicted octanol–water partition coefficient (Wildman–Crippen LogP) is 2.83. The minimum atomic E-state index is -0.395. The predicted molar refractivity (Wildman–Crippen MR) is 82.3 cm³/mol. The van der Waals surface area contributed by atoms with Crippen LogP contribution in [0.1, 0.15) is 25.7 Å². The van der Waals surface area contributed by atoms with Crippen LogP contribution in [0, 0.1) is 10.1 Å². The molecule has 0 unspecified atom stereocenters. The molecule has 0 spiro atoms. The number of nitrogens with zero attached hydrogens (tertiary/aromatic N) is 2. The van der Waals surface area contributed by atoms with Crippen molar-refractivity contribution in [3.05, 3.63) is 40.6 Å². The summed E-state index contributed by atoms with van der Waals surface area (Å²) in [4.78, 5) is 14.9. The molecular weight excluding hydrogens is 268 g/mol. The van der Waals surface area contributed by atoms with E-state index in [0.717, 1.165) is 36.8 Å². The van der Waals surface area contributed by atoms with Gasteiger partial charge in [-0.05, 0) is 31.0 Å². The Morgan fingerprint density at radius 1 is 1.33 bits per heavy atom. The Morgan fingerprint density at radius 2 is 2.10 bits per heavy atom. The van der Waals surface area contributed by atoms with Crippen LogP contribution in [0.25, 0.3) is 10.9 Å². The summed E-state index contributed by atoms with van der Waals surface area (Å²) in [6, 6.07) is 6.92. The van der Waals surface area contributed by atoms with Crippen LogP contribution in [0.4, 0.5) is 11.4 Å². The average Bonchev–Trinajstić information content (AvgIpc) is 2.96. The lowest BCUT2D eigenvalue weighted by atomic mass is 9.96. The number of non-ortho nitro benzene ring substituents is 1. The van der Waals surface area contributed by atoms with Gasteiger partial charge in [-0.3, -0.25) is 10.1 Å². The molecule has 110 valence electrons. The molecule has 0 atom stereocenters. The van der Waals surface area contributed by atoms with E-state index in [1.807, 2.05) is 6.07 Å². The molecule has 1 aromatic carbocycles. The van der Waals surface area contributed by atoms with Crippen molar-refractivity contribution in [1.82, 2.24) is 4.98 Å². The zero-order chi connectivity index (χ0) is 14.9. The second-order valence-corrected chi connectivity index (χ2v) is 5.61. The van der Waals surface area contributed by atoms with E-state index in [-0.39, 0.29) is 11.2 Å². The third-order valence-electron chi connectivity index (χ3n) is 4.30. The highest BCUT2D eigenvalue weighted by Gasteiger charge is 2.32. The minimum Gasteiger partial charge on any atom is -0.378 e. The molecule has 6 heteroatoms. The number of aromatic nitrogens is 1. The number of rotatable bonds is 4. The summed E-state index contributed by atoms with van der Waals surface area (Å²) in [6.45, 7) is 0.561. The number of nitrogens with one attached hydrogen (secondary N) is 1. The SMILES string of the molecule is NCC1(Nc2ccc([N+](=O)[O-])c3ncccc23)CCCC1. The lowest BCUT2D eigenvalue weighted by Crippen LogP contribution is -2.42. The number of nitro benzene ring substituents is 1. The second-order valence-electron chi connectivity index (χ2n) is 5.61. The molecule has 0 radical (unpaired) electrons. The summed E-state index contributed by atoms with van der Waals surface area (Å²) in [6.07, 6.45) is 5.96. The van der Waals surface area contributed by atoms with Gasteiger partial charge in [0, 0.05) is 35.4 Å². The first-order chi connectivity index (χ1) is 10.2. The molecule has 1 aliphatic rings. The van der Waals surface area contributed by atoms with Crippen molar-refractivity contribution in [2.24, 2.45) is 5.73 Å². The van der Waals surface area contributed by atoms with Crippen LogP contribution in [-0.2, 0) is 0 Å². The summed E-state index contributed by atoms with van der Waals surface area (Å²) in [5.41, 5.74) is 7.17. The Balaban J connectivity index is 2.07. The van der Waals surface area contributed by atoms with Gasteiger partial charge in [0.2, 0.25) is 0 Å². The molecule has 3 rings (SSSR count). The largest absolute Gasteiger partial charge is 0.378 e. The van der Waals surface area contributed by atoms with Gasteiger partial charge in [-0.1, -0.05) is 12.8 Å². The van der Waals surface area contributed by atoms with Crippen molar-refractivity contribution in [2.75, 3.05) is 11.9 Å². The molecule has 1 aromatic heterocycles. The standard InChI is InChI=1S/C15H18N4O2/c16-10-15(7-1-2-8-15)18-12-5-6-13(19(20)21)14-11(12)4-3-9-17-14/h3-6,9,18H,1-2,7-8,10,16H2. The van der Waals surface area contributed by atoms with E-state index >= 15 is 0 Å². The summed E-state index contributed by atoms with van der Waals surface area (Å²) in [5, 5.41) is 15.4. The Bertz CT molecular complexity index is 680. The van der Waals surface area contributed by atoms with Crippen molar-refractivity contribution in [1.29, 1.82) is 0 Å². The van der Waals surface area contributed by atoms with Gasteiger partial charge < -0.3 is 11.1 Å². The first-order valence-corrected chi connectivity index (χ1v) is 7.16. The van der Waals surface area contributed by atoms with E-state index in [2.05, 4.69) is 10.3 Å². The third-order valence-corrected chi connectivity index (χ3v) is 4.30. The smallest absolute Gasteiger partial charge is 0.295 e. The topological polar surface area (TPSA) is 94.1 Å². The van der Waals surface area contributed by atoms with Crippen molar-refractivity contribution in [3.8, 4) is 0 Å². The fourth-order valence-electron chi connectivity index (χ4n) is 3.13. The lowest BCUT2D eigenvalue weighted by molar-refractivity contribution is -0.383. The Hall–Kier alpha value is -2.21. The Morgan fingerprint density at radius 3 is 2.76 bits per heavy atom. The van der Waals surface area contributed by atoms with Crippen LogP contribution in [0.2, 0.25) is 0 Å². The van der Waals surface area contributed by atoms with Gasteiger partial charge in [0.05, 0.1) is 4.92 Å². The number of nitro groups is 1. The quantitative estimate of drug-likeness (QED) is 0.665. The summed E-state index contributed by atoms with van der Waals surface area (Å²) < 4.78 is 0. The van der Waals surface area contributed by atoms with Crippen LogP contribution in [0.15, 0.2) is 30.5 Å². The highest BCUT2D eigenvalue weighted by molar-refractivity contribution is 5.97. The van der Waals surface area contributed by atoms with Gasteiger partial charge in [0.1, 0.15) is 5.52 Å². The number of nitrogens with two attached hydrogens (primary N) is 1. The molecule has 0 amide bonds. The van der Waals surface area contributed by atoms with E-state index in [0.29, 0.717) is 12.1 Å². The van der Waals surface area contributed by atoms with Crippen LogP contribution in [-0.4, -0.2) is 22.0 Å². The molecule has 21 heavy (non-hydrogen) atoms. The van der Waals surface area contributed by atoms with Gasteiger partial charge in [-0.25, -0.2) is 4.98 Å². The molecule has 1 aliphatic carbocycles. The van der Waals surface area contributed by atoms with E-state index in [1.165, 1.54) is 6.07 Å². The highest BCUT2D eigenvalue weighted by atomic mass is 16.6. The number of benzene rings is 1. The van der Waals surface area contributed by atoms with Crippen molar-refractivity contribution < 1.29 is 4.92 Å². The van der Waals surface area contributed by atoms with Gasteiger partial charge in [-0.2, -0.15) is 0 Å². The maximum Gasteiger partial charge on any atom is 0.295 e. The number of pyridine rings is 1. The van der Waals surface area contributed by atoms with E-state index < -0.39 is 4.92 Å². The number of hydrogen-bond donors (Lipinski definition) is 2. The lowest BCUT2D eigenvalue weighted by Gasteiger charge is -2.30. The molecule has 3 N–H and O–H groups in total. The summed E-state index contributed by atoms with van der Waals surface area (Å²) in [7, 11) is 0. The summed E-state index contributed by atoms with van der Waals surface area (Å²) >= 11 is 0. The van der Waals surface area contributed by atoms with Crippen LogP contribution in [0.5, 0.6) is 0 Å². The van der Waals surface area contributed by atoms with Gasteiger partial charge >= 0.3 is 0 Å². The number of hydrogen-bond acceptors (Lipinski definition) is 5. The van der Waals surface area contributed by atoms with Crippen molar-refractivity contribution >= 4 is 22.3 Å². The molecule has 1 heterocycles. The average molecular weight is 286 g/mol. The van der Waals surface area contributed by atoms with Gasteiger partial charge in [0.15, 0.2) is 0 Å². The fourth-order valence-corrected chi connectivity index (χ4v) is 3.13. The molecule has 1 fully saturated rings. The van der Waals surface area contributed by atoms with Crippen LogP contribution < -0.4 is 11.1 Å². The third kappa shape index (κ3) is 2.42. The Kier molecular flexibility index (Phi) is 3.47. The molecule has 2 aromatic rings. The zero-order valence-corrected chi connectivity index (χ0v) is 11.7. The van der Waals surface area contributed by atoms with Crippen LogP contribution >= 0.6 is 0 Å². The van der Waals surface area contributed by atoms with Crippen LogP contribution in [0.3, 0.4) is 0 Å². The van der Waals surface area contributed by atoms with E-state index in [9.17, 15) is 10.1 Å². The normalized spacial score (nSPS) is 17.0. The maximum absolute atomic E-state index is 11.1. The number of fused-ring (bicyclic) bond motifs is 1. The first kappa shape index (κ1) is 13.8. The van der Waals surface area contributed by atoms with Gasteiger partial charge in [0.25, 0.3) is 5.69 Å². The summed E-state index contributed by atoms with van der Waals surface area (Å²) in [5.74, 6) is 0. The zero-order valence-electron chi connectivity index (χ0n) is 11.7. The van der Waals surface area contributed by atoms with Crippen molar-refractivity contribution in [3.63, 3.8) is 0 Å². The molecule has 0 saturated heterocycles. The van der Waals surface area contributed by atoms with E-state index in [1.54, 1.807) is 18.3 Å². The molecule has 6 nitrogen and oxygen atoms in total. The van der Waals surface area contributed by atoms with Gasteiger partial charge in [-0.15, -0.1) is 0 Å². The molecule has 1 saturated carbocycles. The minimum absolute atomic E-state index is 0.0318. The molecular formula is C15H18N4O2. The first-order valence-electron chi connectivity index (χ1n) is 7.16. The molecule has 0 bridgehead atoms. The maximum atomic E-state index is 11.1. The molecule has 0 aliphatic heterocycles. The second kappa shape index (κ2) is 5.29. The monoisotopic (exact) mass is 286 g/mol.